The fourth-order valence-electron chi connectivity index (χ4n) is 4.65. The van der Waals surface area contributed by atoms with Crippen LogP contribution in [0.3, 0.4) is 0 Å². The summed E-state index contributed by atoms with van der Waals surface area (Å²) in [7, 11) is 0. The Morgan fingerprint density at radius 2 is 1.88 bits per heavy atom. The molecule has 3 nitrogen and oxygen atoms in total. The van der Waals surface area contributed by atoms with Crippen molar-refractivity contribution in [2.45, 2.75) is 64.4 Å². The first-order valence-electron chi connectivity index (χ1n) is 6.90. The van der Waals surface area contributed by atoms with E-state index in [0.717, 1.165) is 18.8 Å². The first kappa shape index (κ1) is 11.9. The lowest BCUT2D eigenvalue weighted by Gasteiger charge is -2.64. The molecule has 1 heterocycles. The van der Waals surface area contributed by atoms with Crippen molar-refractivity contribution in [2.75, 3.05) is 6.54 Å². The van der Waals surface area contributed by atoms with Crippen LogP contribution in [-0.2, 0) is 9.47 Å². The van der Waals surface area contributed by atoms with Crippen molar-refractivity contribution in [2.24, 2.45) is 23.0 Å². The number of hydrogen-bond donors (Lipinski definition) is 1. The van der Waals surface area contributed by atoms with E-state index in [4.69, 9.17) is 15.2 Å². The Hall–Kier alpha value is -0.120. The molecule has 0 amide bonds. The van der Waals surface area contributed by atoms with Gasteiger partial charge in [0.25, 0.3) is 0 Å². The van der Waals surface area contributed by atoms with Gasteiger partial charge in [0.2, 0.25) is 0 Å². The molecular formula is C14H25NO2. The molecule has 2 N–H and O–H groups in total. The van der Waals surface area contributed by atoms with E-state index in [1.165, 1.54) is 6.42 Å². The highest BCUT2D eigenvalue weighted by Gasteiger charge is 2.70. The SMILES string of the molecule is CC1(C)O[C@H]2C[C@@H]3C[C@@H](C3(C)C)[C@]2(CCN)O1. The van der Waals surface area contributed by atoms with Crippen molar-refractivity contribution < 1.29 is 9.47 Å². The van der Waals surface area contributed by atoms with Gasteiger partial charge in [-0.25, -0.2) is 0 Å². The summed E-state index contributed by atoms with van der Waals surface area (Å²) in [6.07, 6.45) is 3.63. The molecule has 0 unspecified atom stereocenters. The van der Waals surface area contributed by atoms with Gasteiger partial charge in [-0.1, -0.05) is 13.8 Å². The van der Waals surface area contributed by atoms with E-state index in [2.05, 4.69) is 13.8 Å². The molecular weight excluding hydrogens is 214 g/mol. The van der Waals surface area contributed by atoms with Crippen LogP contribution in [0, 0.1) is 17.3 Å². The van der Waals surface area contributed by atoms with Crippen LogP contribution in [0.15, 0.2) is 0 Å². The fourth-order valence-corrected chi connectivity index (χ4v) is 4.65. The Labute approximate surface area is 104 Å². The van der Waals surface area contributed by atoms with Gasteiger partial charge >= 0.3 is 0 Å². The average molecular weight is 239 g/mol. The van der Waals surface area contributed by atoms with E-state index in [-0.39, 0.29) is 11.7 Å². The standard InChI is InChI=1S/C14H25NO2/c1-12(2)9-7-10(12)14(5-6-15)11(8-9)16-13(3,4)17-14/h9-11H,5-8,15H2,1-4H3/t9-,10-,11-,14-/m0/s1. The second-order valence-electron chi connectivity index (χ2n) is 7.14. The van der Waals surface area contributed by atoms with Crippen LogP contribution in [0.1, 0.15) is 47.0 Å². The molecule has 0 aromatic heterocycles. The normalized spacial score (nSPS) is 49.6. The number of nitrogens with two attached hydrogens (primary N) is 1. The van der Waals surface area contributed by atoms with E-state index in [1.54, 1.807) is 0 Å². The number of rotatable bonds is 2. The van der Waals surface area contributed by atoms with Crippen LogP contribution in [0.5, 0.6) is 0 Å². The van der Waals surface area contributed by atoms with Gasteiger partial charge in [-0.15, -0.1) is 0 Å². The van der Waals surface area contributed by atoms with Gasteiger partial charge in [0, 0.05) is 0 Å². The van der Waals surface area contributed by atoms with Gasteiger partial charge in [-0.05, 0) is 56.9 Å². The molecule has 0 aromatic carbocycles. The minimum Gasteiger partial charge on any atom is -0.344 e. The topological polar surface area (TPSA) is 44.5 Å². The summed E-state index contributed by atoms with van der Waals surface area (Å²) in [5, 5.41) is 0. The minimum atomic E-state index is -0.437. The molecule has 3 aliphatic carbocycles. The second-order valence-corrected chi connectivity index (χ2v) is 7.14. The summed E-state index contributed by atoms with van der Waals surface area (Å²) < 4.78 is 12.5. The Morgan fingerprint density at radius 1 is 1.18 bits per heavy atom. The molecule has 98 valence electrons. The van der Waals surface area contributed by atoms with Crippen molar-refractivity contribution >= 4 is 0 Å². The van der Waals surface area contributed by atoms with E-state index in [0.29, 0.717) is 17.9 Å². The molecule has 1 aliphatic heterocycles. The number of hydrogen-bond acceptors (Lipinski definition) is 3. The third-order valence-electron chi connectivity index (χ3n) is 5.50. The lowest BCUT2D eigenvalue weighted by Crippen LogP contribution is -2.67. The predicted molar refractivity (Wildman–Crippen MR) is 66.4 cm³/mol. The molecule has 3 saturated carbocycles. The molecule has 17 heavy (non-hydrogen) atoms. The lowest BCUT2D eigenvalue weighted by atomic mass is 9.43. The Balaban J connectivity index is 1.96. The predicted octanol–water partition coefficient (Wildman–Crippen LogP) is 2.29. The molecule has 4 atom stereocenters. The van der Waals surface area contributed by atoms with E-state index in [1.807, 2.05) is 13.8 Å². The monoisotopic (exact) mass is 239 g/mol. The van der Waals surface area contributed by atoms with E-state index in [9.17, 15) is 0 Å². The molecule has 4 aliphatic rings. The van der Waals surface area contributed by atoms with Gasteiger partial charge in [-0.3, -0.25) is 0 Å². The highest BCUT2D eigenvalue weighted by Crippen LogP contribution is 2.67. The smallest absolute Gasteiger partial charge is 0.164 e. The van der Waals surface area contributed by atoms with Crippen LogP contribution in [0.2, 0.25) is 0 Å². The first-order valence-corrected chi connectivity index (χ1v) is 6.90. The zero-order valence-electron chi connectivity index (χ0n) is 11.5. The Kier molecular flexibility index (Phi) is 2.28. The molecule has 0 spiro atoms. The molecule has 4 rings (SSSR count). The highest BCUT2D eigenvalue weighted by atomic mass is 16.8. The Bertz CT molecular complexity index is 339. The fraction of sp³-hybridized carbons (Fsp3) is 1.00. The zero-order chi connectivity index (χ0) is 12.5. The van der Waals surface area contributed by atoms with Crippen molar-refractivity contribution in [3.8, 4) is 0 Å². The molecule has 0 radical (unpaired) electrons. The summed E-state index contributed by atoms with van der Waals surface area (Å²) in [6.45, 7) is 9.53. The number of ether oxygens (including phenoxy) is 2. The van der Waals surface area contributed by atoms with Gasteiger partial charge in [0.15, 0.2) is 5.79 Å². The average Bonchev–Trinajstić information content (AvgIpc) is 2.47. The summed E-state index contributed by atoms with van der Waals surface area (Å²) in [4.78, 5) is 0. The Morgan fingerprint density at radius 3 is 2.47 bits per heavy atom. The quantitative estimate of drug-likeness (QED) is 0.804. The van der Waals surface area contributed by atoms with Crippen LogP contribution in [-0.4, -0.2) is 24.0 Å². The minimum absolute atomic E-state index is 0.115. The third-order valence-corrected chi connectivity index (χ3v) is 5.50. The first-order chi connectivity index (χ1) is 7.82. The van der Waals surface area contributed by atoms with Crippen molar-refractivity contribution in [1.29, 1.82) is 0 Å². The molecule has 0 aromatic rings. The summed E-state index contributed by atoms with van der Waals surface area (Å²) in [6, 6.07) is 0. The molecule has 2 bridgehead atoms. The van der Waals surface area contributed by atoms with E-state index >= 15 is 0 Å². The van der Waals surface area contributed by atoms with E-state index < -0.39 is 5.79 Å². The molecule has 3 heteroatoms. The second kappa shape index (κ2) is 3.25. The summed E-state index contributed by atoms with van der Waals surface area (Å²) in [5.74, 6) is 0.984. The lowest BCUT2D eigenvalue weighted by molar-refractivity contribution is -0.230. The molecule has 1 saturated heterocycles. The molecule has 4 fully saturated rings. The maximum absolute atomic E-state index is 6.36. The van der Waals surface area contributed by atoms with Crippen molar-refractivity contribution in [3.05, 3.63) is 0 Å². The maximum atomic E-state index is 6.36. The van der Waals surface area contributed by atoms with Crippen LogP contribution in [0.25, 0.3) is 0 Å². The van der Waals surface area contributed by atoms with Gasteiger partial charge < -0.3 is 15.2 Å². The highest BCUT2D eigenvalue weighted by molar-refractivity contribution is 5.17. The van der Waals surface area contributed by atoms with Crippen LogP contribution < -0.4 is 5.73 Å². The van der Waals surface area contributed by atoms with Crippen LogP contribution in [0.4, 0.5) is 0 Å². The van der Waals surface area contributed by atoms with Crippen molar-refractivity contribution in [1.82, 2.24) is 0 Å². The third kappa shape index (κ3) is 1.39. The van der Waals surface area contributed by atoms with Gasteiger partial charge in [0.05, 0.1) is 6.10 Å². The summed E-state index contributed by atoms with van der Waals surface area (Å²) in [5.41, 5.74) is 6.11. The largest absolute Gasteiger partial charge is 0.344 e. The zero-order valence-corrected chi connectivity index (χ0v) is 11.5. The summed E-state index contributed by atoms with van der Waals surface area (Å²) >= 11 is 0. The van der Waals surface area contributed by atoms with Crippen LogP contribution >= 0.6 is 0 Å². The van der Waals surface area contributed by atoms with Gasteiger partial charge in [0.1, 0.15) is 5.60 Å². The van der Waals surface area contributed by atoms with Crippen molar-refractivity contribution in [3.63, 3.8) is 0 Å². The maximum Gasteiger partial charge on any atom is 0.164 e. The van der Waals surface area contributed by atoms with Gasteiger partial charge in [-0.2, -0.15) is 0 Å².